The van der Waals surface area contributed by atoms with Crippen LogP contribution in [-0.2, 0) is 0 Å². The number of nitrogen functional groups attached to an aromatic ring is 1. The number of anilines is 3. The predicted octanol–water partition coefficient (Wildman–Crippen LogP) is 1.06. The first-order valence-corrected chi connectivity index (χ1v) is 10.3. The summed E-state index contributed by atoms with van der Waals surface area (Å²) >= 11 is 0. The van der Waals surface area contributed by atoms with Crippen molar-refractivity contribution in [1.82, 2.24) is 15.0 Å². The SMILES string of the molecule is NCCCCCNc1nc(N)nc(N(CCCCCN)CCCCCN)n1. The molecule has 0 atom stereocenters. The van der Waals surface area contributed by atoms with Crippen molar-refractivity contribution >= 4 is 17.8 Å². The van der Waals surface area contributed by atoms with Gasteiger partial charge < -0.3 is 33.2 Å². The average Bonchev–Trinajstić information content (AvgIpc) is 2.66. The van der Waals surface area contributed by atoms with Gasteiger partial charge in [-0.1, -0.05) is 19.3 Å². The molecule has 9 N–H and O–H groups in total. The second kappa shape index (κ2) is 15.4. The monoisotopic (exact) mass is 381 g/mol. The summed E-state index contributed by atoms with van der Waals surface area (Å²) in [6, 6.07) is 0. The van der Waals surface area contributed by atoms with Crippen LogP contribution in [0.3, 0.4) is 0 Å². The average molecular weight is 382 g/mol. The third-order valence-corrected chi connectivity index (χ3v) is 4.35. The highest BCUT2D eigenvalue weighted by atomic mass is 15.3. The van der Waals surface area contributed by atoms with Crippen LogP contribution in [0, 0.1) is 0 Å². The maximum atomic E-state index is 5.92. The second-order valence-corrected chi connectivity index (χ2v) is 6.78. The molecule has 9 nitrogen and oxygen atoms in total. The highest BCUT2D eigenvalue weighted by molar-refractivity contribution is 5.41. The summed E-state index contributed by atoms with van der Waals surface area (Å²) in [7, 11) is 0. The fraction of sp³-hybridized carbons (Fsp3) is 0.833. The molecular weight excluding hydrogens is 342 g/mol. The second-order valence-electron chi connectivity index (χ2n) is 6.78. The van der Waals surface area contributed by atoms with E-state index in [9.17, 15) is 0 Å². The first-order valence-electron chi connectivity index (χ1n) is 10.3. The zero-order valence-electron chi connectivity index (χ0n) is 16.7. The topological polar surface area (TPSA) is 158 Å². The van der Waals surface area contributed by atoms with E-state index in [4.69, 9.17) is 22.9 Å². The van der Waals surface area contributed by atoms with Crippen LogP contribution < -0.4 is 33.2 Å². The first-order chi connectivity index (χ1) is 13.2. The summed E-state index contributed by atoms with van der Waals surface area (Å²) in [6.45, 7) is 4.77. The zero-order valence-corrected chi connectivity index (χ0v) is 16.7. The Morgan fingerprint density at radius 1 is 0.667 bits per heavy atom. The summed E-state index contributed by atoms with van der Waals surface area (Å²) in [5, 5.41) is 3.25. The Balaban J connectivity index is 2.66. The largest absolute Gasteiger partial charge is 0.368 e. The van der Waals surface area contributed by atoms with Crippen molar-refractivity contribution in [2.75, 3.05) is 55.2 Å². The molecule has 0 saturated carbocycles. The maximum absolute atomic E-state index is 5.92. The van der Waals surface area contributed by atoms with Gasteiger partial charge in [-0.2, -0.15) is 15.0 Å². The number of nitrogens with one attached hydrogen (secondary N) is 1. The molecule has 0 saturated heterocycles. The van der Waals surface area contributed by atoms with Gasteiger partial charge in [-0.05, 0) is 58.2 Å². The molecule has 1 heterocycles. The van der Waals surface area contributed by atoms with Gasteiger partial charge in [0.2, 0.25) is 17.8 Å². The lowest BCUT2D eigenvalue weighted by Gasteiger charge is -2.23. The summed E-state index contributed by atoms with van der Waals surface area (Å²) in [5.41, 5.74) is 22.6. The molecule has 0 aliphatic heterocycles. The van der Waals surface area contributed by atoms with Gasteiger partial charge in [0.25, 0.3) is 0 Å². The predicted molar refractivity (Wildman–Crippen MR) is 114 cm³/mol. The lowest BCUT2D eigenvalue weighted by molar-refractivity contribution is 0.611. The van der Waals surface area contributed by atoms with Crippen molar-refractivity contribution in [1.29, 1.82) is 0 Å². The van der Waals surface area contributed by atoms with Gasteiger partial charge in [-0.25, -0.2) is 0 Å². The summed E-state index contributed by atoms with van der Waals surface area (Å²) in [5.74, 6) is 1.44. The third-order valence-electron chi connectivity index (χ3n) is 4.35. The number of nitrogens with two attached hydrogens (primary N) is 4. The van der Waals surface area contributed by atoms with E-state index in [0.717, 1.165) is 97.1 Å². The van der Waals surface area contributed by atoms with Crippen molar-refractivity contribution in [2.24, 2.45) is 17.2 Å². The molecule has 27 heavy (non-hydrogen) atoms. The Hall–Kier alpha value is -1.71. The number of unbranched alkanes of at least 4 members (excludes halogenated alkanes) is 6. The van der Waals surface area contributed by atoms with Gasteiger partial charge in [0.15, 0.2) is 0 Å². The Labute approximate surface area is 163 Å². The molecule has 1 rings (SSSR count). The van der Waals surface area contributed by atoms with Crippen LogP contribution >= 0.6 is 0 Å². The van der Waals surface area contributed by atoms with E-state index in [0.29, 0.717) is 11.9 Å². The molecule has 0 bridgehead atoms. The molecular formula is C18H39N9. The number of nitrogens with zero attached hydrogens (tertiary/aromatic N) is 4. The van der Waals surface area contributed by atoms with Crippen LogP contribution in [0.2, 0.25) is 0 Å². The van der Waals surface area contributed by atoms with Gasteiger partial charge in [-0.3, -0.25) is 0 Å². The molecule has 0 aromatic carbocycles. The molecule has 0 radical (unpaired) electrons. The number of rotatable bonds is 17. The van der Waals surface area contributed by atoms with E-state index in [2.05, 4.69) is 25.2 Å². The van der Waals surface area contributed by atoms with E-state index in [-0.39, 0.29) is 5.95 Å². The standard InChI is InChI=1S/C18H39N9/c19-10-4-1-7-13-23-17-24-16(22)25-18(26-17)27(14-8-2-5-11-20)15-9-3-6-12-21/h1-15,19-21H2,(H3,22,23,24,25,26). The lowest BCUT2D eigenvalue weighted by Crippen LogP contribution is -2.29. The van der Waals surface area contributed by atoms with Gasteiger partial charge in [0.05, 0.1) is 0 Å². The molecule has 0 aliphatic carbocycles. The van der Waals surface area contributed by atoms with Crippen LogP contribution in [-0.4, -0.2) is 54.2 Å². The van der Waals surface area contributed by atoms with Crippen molar-refractivity contribution in [3.8, 4) is 0 Å². The Kier molecular flexibility index (Phi) is 13.3. The molecule has 1 aromatic heterocycles. The van der Waals surface area contributed by atoms with Gasteiger partial charge >= 0.3 is 0 Å². The summed E-state index contributed by atoms with van der Waals surface area (Å²) < 4.78 is 0. The van der Waals surface area contributed by atoms with E-state index >= 15 is 0 Å². The molecule has 0 fully saturated rings. The van der Waals surface area contributed by atoms with Gasteiger partial charge in [0, 0.05) is 19.6 Å². The van der Waals surface area contributed by atoms with Crippen molar-refractivity contribution in [2.45, 2.75) is 57.8 Å². The lowest BCUT2D eigenvalue weighted by atomic mass is 10.2. The highest BCUT2D eigenvalue weighted by Gasteiger charge is 2.12. The fourth-order valence-corrected chi connectivity index (χ4v) is 2.81. The molecule has 156 valence electrons. The number of hydrogen-bond donors (Lipinski definition) is 5. The zero-order chi connectivity index (χ0) is 19.7. The molecule has 0 spiro atoms. The molecule has 1 aromatic rings. The van der Waals surface area contributed by atoms with Gasteiger partial charge in [-0.15, -0.1) is 0 Å². The Bertz CT molecular complexity index is 472. The fourth-order valence-electron chi connectivity index (χ4n) is 2.81. The molecule has 0 aliphatic rings. The van der Waals surface area contributed by atoms with E-state index < -0.39 is 0 Å². The van der Waals surface area contributed by atoms with Crippen molar-refractivity contribution in [3.63, 3.8) is 0 Å². The van der Waals surface area contributed by atoms with Crippen molar-refractivity contribution in [3.05, 3.63) is 0 Å². The minimum atomic E-state index is 0.248. The summed E-state index contributed by atoms with van der Waals surface area (Å²) in [4.78, 5) is 15.4. The highest BCUT2D eigenvalue weighted by Crippen LogP contribution is 2.15. The molecule has 9 heteroatoms. The van der Waals surface area contributed by atoms with Crippen LogP contribution in [0.5, 0.6) is 0 Å². The van der Waals surface area contributed by atoms with Crippen LogP contribution in [0.25, 0.3) is 0 Å². The number of aromatic nitrogens is 3. The Morgan fingerprint density at radius 2 is 1.22 bits per heavy atom. The van der Waals surface area contributed by atoms with E-state index in [1.807, 2.05) is 0 Å². The van der Waals surface area contributed by atoms with Crippen LogP contribution in [0.15, 0.2) is 0 Å². The van der Waals surface area contributed by atoms with Gasteiger partial charge in [0.1, 0.15) is 0 Å². The Morgan fingerprint density at radius 3 is 1.78 bits per heavy atom. The number of hydrogen-bond acceptors (Lipinski definition) is 9. The van der Waals surface area contributed by atoms with E-state index in [1.165, 1.54) is 0 Å². The van der Waals surface area contributed by atoms with E-state index in [1.54, 1.807) is 0 Å². The summed E-state index contributed by atoms with van der Waals surface area (Å²) in [6.07, 6.45) is 9.54. The molecule has 0 unspecified atom stereocenters. The van der Waals surface area contributed by atoms with Crippen LogP contribution in [0.1, 0.15) is 57.8 Å². The normalized spacial score (nSPS) is 10.9. The van der Waals surface area contributed by atoms with Crippen molar-refractivity contribution < 1.29 is 0 Å². The maximum Gasteiger partial charge on any atom is 0.231 e. The third kappa shape index (κ3) is 10.9. The quantitative estimate of drug-likeness (QED) is 0.249. The minimum Gasteiger partial charge on any atom is -0.368 e. The smallest absolute Gasteiger partial charge is 0.231 e. The first kappa shape index (κ1) is 23.3. The van der Waals surface area contributed by atoms with Crippen LogP contribution in [0.4, 0.5) is 17.8 Å². The minimum absolute atomic E-state index is 0.248. The molecule has 0 amide bonds.